The highest BCUT2D eigenvalue weighted by Crippen LogP contribution is 2.37. The molecule has 4 aromatic heterocycles. The van der Waals surface area contributed by atoms with Crippen molar-refractivity contribution in [3.8, 4) is 34.2 Å². The maximum atomic E-state index is 15.0. The molecule has 0 N–H and O–H groups in total. The van der Waals surface area contributed by atoms with Crippen LogP contribution in [0.2, 0.25) is 0 Å². The van der Waals surface area contributed by atoms with Gasteiger partial charge in [0.1, 0.15) is 14.1 Å². The van der Waals surface area contributed by atoms with Crippen LogP contribution in [0.15, 0.2) is 103 Å². The van der Waals surface area contributed by atoms with Gasteiger partial charge in [0.15, 0.2) is 18.2 Å². The minimum absolute atomic E-state index is 0.118. The topological polar surface area (TPSA) is 60.2 Å². The van der Waals surface area contributed by atoms with E-state index < -0.39 is 17.2 Å². The van der Waals surface area contributed by atoms with Crippen LogP contribution >= 0.6 is 0 Å². The van der Waals surface area contributed by atoms with Crippen molar-refractivity contribution in [3.63, 3.8) is 0 Å². The summed E-state index contributed by atoms with van der Waals surface area (Å²) in [6.07, 6.45) is 6.23. The van der Waals surface area contributed by atoms with Crippen molar-refractivity contribution in [1.82, 2.24) is 24.5 Å². The number of hydrogen-bond acceptors (Lipinski definition) is 3. The summed E-state index contributed by atoms with van der Waals surface area (Å²) in [4.78, 5) is 5.12. The van der Waals surface area contributed by atoms with Crippen LogP contribution in [0.4, 0.5) is 13.2 Å². The Kier molecular flexibility index (Phi) is 11.6. The quantitative estimate of drug-likeness (QED) is 0.163. The molecular formula is C51H56F3N8+3. The summed E-state index contributed by atoms with van der Waals surface area (Å²) in [5, 5.41) is 10.2. The highest BCUT2D eigenvalue weighted by atomic mass is 19.4. The second kappa shape index (κ2) is 16.9. The zero-order valence-corrected chi connectivity index (χ0v) is 37.1. The molecule has 6 bridgehead atoms. The first-order valence-electron chi connectivity index (χ1n) is 21.5. The van der Waals surface area contributed by atoms with Gasteiger partial charge in [-0.3, -0.25) is 0 Å². The van der Waals surface area contributed by atoms with Crippen molar-refractivity contribution in [1.29, 1.82) is 0 Å². The molecule has 9 rings (SSSR count). The first kappa shape index (κ1) is 42.5. The molecule has 62 heavy (non-hydrogen) atoms. The number of aryl methyl sites for hydroxylation is 9. The standard InChI is InChI=1S/C51H56F3N8/c1-9-12-46-56-60(8)48-42-29-37(15-14-34(42)2)22-20-35-16-18-36(19-17-35)21-23-38-26-28-59(7)45(30-38)41-25-24-40(51(52,53)54)31-43(41)39(32-61(46)48)33-62-47(44-13-10-11-27-58(44)6)55-49(57-62)50(3,4)5/h10-11,13-19,24-32H,9,12,20-23,33H2,1-8H3/q+3. The Balaban J connectivity index is 1.47. The summed E-state index contributed by atoms with van der Waals surface area (Å²) in [6, 6.07) is 29.8. The Morgan fingerprint density at radius 1 is 0.694 bits per heavy atom. The van der Waals surface area contributed by atoms with E-state index in [-0.39, 0.29) is 6.54 Å². The summed E-state index contributed by atoms with van der Waals surface area (Å²) in [7, 11) is 5.86. The minimum Gasteiger partial charge on any atom is -0.236 e. The predicted molar refractivity (Wildman–Crippen MR) is 236 cm³/mol. The lowest BCUT2D eigenvalue weighted by Gasteiger charge is -2.17. The molecule has 7 aromatic rings. The maximum Gasteiger partial charge on any atom is 0.416 e. The van der Waals surface area contributed by atoms with E-state index in [1.807, 2.05) is 76.4 Å². The Morgan fingerprint density at radius 2 is 1.35 bits per heavy atom. The SMILES string of the molecule is CCCc1nn(C)c2[n+]1C=C(Cn1nc(C(C)(C)C)nc1-c1cccc[n+]1C)c1cc(C(F)(F)F)ccc1-c1cc(cc[n+]1C)CCc1ccc(cc1)CCc1ccc(C)c-2c1. The van der Waals surface area contributed by atoms with E-state index in [9.17, 15) is 13.2 Å². The van der Waals surface area contributed by atoms with Crippen molar-refractivity contribution in [2.45, 2.75) is 91.3 Å². The Morgan fingerprint density at radius 3 is 2.02 bits per heavy atom. The molecule has 0 saturated carbocycles. The Labute approximate surface area is 362 Å². The van der Waals surface area contributed by atoms with E-state index in [0.717, 1.165) is 71.8 Å². The van der Waals surface area contributed by atoms with E-state index in [0.29, 0.717) is 34.8 Å². The molecule has 318 valence electrons. The second-order valence-corrected chi connectivity index (χ2v) is 17.8. The molecule has 2 aliphatic heterocycles. The maximum absolute atomic E-state index is 15.0. The van der Waals surface area contributed by atoms with Crippen molar-refractivity contribution in [3.05, 3.63) is 154 Å². The largest absolute Gasteiger partial charge is 0.416 e. The Bertz CT molecular complexity index is 2800. The van der Waals surface area contributed by atoms with Crippen LogP contribution in [-0.2, 0) is 71.4 Å². The summed E-state index contributed by atoms with van der Waals surface area (Å²) < 4.78 is 54.8. The smallest absolute Gasteiger partial charge is 0.236 e. The molecule has 11 heteroatoms. The molecule has 0 amide bonds. The summed E-state index contributed by atoms with van der Waals surface area (Å²) >= 11 is 0. The Hall–Kier alpha value is -6.23. The number of benzene rings is 3. The third kappa shape index (κ3) is 8.76. The summed E-state index contributed by atoms with van der Waals surface area (Å²) in [5.41, 5.74) is 9.16. The van der Waals surface area contributed by atoms with Gasteiger partial charge in [0.05, 0.1) is 36.5 Å². The molecule has 0 radical (unpaired) electrons. The van der Waals surface area contributed by atoms with Gasteiger partial charge in [-0.25, -0.2) is 18.8 Å². The average molecular weight is 838 g/mol. The fourth-order valence-electron chi connectivity index (χ4n) is 8.37. The fraction of sp³-hybridized carbons (Fsp3) is 0.333. The third-order valence-electron chi connectivity index (χ3n) is 11.9. The van der Waals surface area contributed by atoms with E-state index in [1.165, 1.54) is 28.8 Å². The number of pyridine rings is 2. The van der Waals surface area contributed by atoms with Gasteiger partial charge in [-0.2, -0.15) is 22.8 Å². The zero-order chi connectivity index (χ0) is 43.9. The first-order valence-corrected chi connectivity index (χ1v) is 21.5. The summed E-state index contributed by atoms with van der Waals surface area (Å²) in [6.45, 7) is 10.5. The molecule has 0 spiro atoms. The van der Waals surface area contributed by atoms with Crippen molar-refractivity contribution >= 4 is 11.8 Å². The fourth-order valence-corrected chi connectivity index (χ4v) is 8.37. The monoisotopic (exact) mass is 837 g/mol. The molecule has 3 aromatic carbocycles. The van der Waals surface area contributed by atoms with Crippen molar-refractivity contribution in [2.75, 3.05) is 0 Å². The normalized spacial score (nSPS) is 13.4. The number of aromatic nitrogens is 8. The average Bonchev–Trinajstić information content (AvgIpc) is 3.80. The van der Waals surface area contributed by atoms with E-state index >= 15 is 0 Å². The number of alkyl halides is 3. The molecule has 8 nitrogen and oxygen atoms in total. The van der Waals surface area contributed by atoms with Gasteiger partial charge in [-0.1, -0.05) is 64.1 Å². The van der Waals surface area contributed by atoms with Gasteiger partial charge in [-0.15, -0.1) is 4.68 Å². The number of allylic oxidation sites excluding steroid dienone is 1. The molecular weight excluding hydrogens is 782 g/mol. The lowest BCUT2D eigenvalue weighted by Crippen LogP contribution is -2.34. The molecule has 0 atom stereocenters. The predicted octanol–water partition coefficient (Wildman–Crippen LogP) is 9.11. The first-order chi connectivity index (χ1) is 29.6. The molecule has 0 aliphatic carbocycles. The van der Waals surface area contributed by atoms with Gasteiger partial charge in [0, 0.05) is 46.8 Å². The second-order valence-electron chi connectivity index (χ2n) is 17.8. The zero-order valence-electron chi connectivity index (χ0n) is 37.1. The van der Waals surface area contributed by atoms with Gasteiger partial charge >= 0.3 is 6.18 Å². The van der Waals surface area contributed by atoms with Crippen LogP contribution in [0.25, 0.3) is 45.9 Å². The molecule has 0 saturated heterocycles. The number of fused-ring (bicyclic) bond motifs is 4. The molecule has 6 heterocycles. The van der Waals surface area contributed by atoms with Crippen LogP contribution < -0.4 is 13.7 Å². The molecule has 2 aliphatic rings. The number of halogens is 3. The number of nitrogens with zero attached hydrogens (tertiary/aromatic N) is 8. The van der Waals surface area contributed by atoms with E-state index in [1.54, 1.807) is 6.07 Å². The van der Waals surface area contributed by atoms with Crippen LogP contribution in [-0.4, -0.2) is 24.5 Å². The number of rotatable bonds is 5. The minimum atomic E-state index is -4.59. The highest BCUT2D eigenvalue weighted by Gasteiger charge is 2.34. The lowest BCUT2D eigenvalue weighted by molar-refractivity contribution is -0.660. The van der Waals surface area contributed by atoms with Crippen LogP contribution in [0, 0.1) is 6.92 Å². The summed E-state index contributed by atoms with van der Waals surface area (Å²) in [5.74, 6) is 2.90. The van der Waals surface area contributed by atoms with Crippen LogP contribution in [0.5, 0.6) is 0 Å². The van der Waals surface area contributed by atoms with Gasteiger partial charge < -0.3 is 0 Å². The third-order valence-corrected chi connectivity index (χ3v) is 11.9. The van der Waals surface area contributed by atoms with Crippen molar-refractivity contribution < 1.29 is 26.9 Å². The highest BCUT2D eigenvalue weighted by molar-refractivity contribution is 5.84. The van der Waals surface area contributed by atoms with Crippen LogP contribution in [0.1, 0.15) is 84.7 Å². The van der Waals surface area contributed by atoms with E-state index in [2.05, 4.69) is 93.8 Å². The van der Waals surface area contributed by atoms with E-state index in [4.69, 9.17) is 15.2 Å². The lowest BCUT2D eigenvalue weighted by atomic mass is 9.93. The van der Waals surface area contributed by atoms with Gasteiger partial charge in [0.25, 0.3) is 11.6 Å². The van der Waals surface area contributed by atoms with Crippen molar-refractivity contribution in [2.24, 2.45) is 21.1 Å². The molecule has 0 unspecified atom stereocenters. The van der Waals surface area contributed by atoms with Crippen LogP contribution in [0.3, 0.4) is 0 Å². The van der Waals surface area contributed by atoms with Gasteiger partial charge in [-0.05, 0) is 103 Å². The van der Waals surface area contributed by atoms with Gasteiger partial charge in [0.2, 0.25) is 17.2 Å². The number of hydrogen-bond donors (Lipinski definition) is 0. The molecule has 0 fully saturated rings.